The van der Waals surface area contributed by atoms with Crippen molar-refractivity contribution in [2.24, 2.45) is 5.18 Å². The van der Waals surface area contributed by atoms with Gasteiger partial charge in [0.25, 0.3) is 0 Å². The lowest BCUT2D eigenvalue weighted by Gasteiger charge is -2.27. The van der Waals surface area contributed by atoms with Crippen molar-refractivity contribution in [3.8, 4) is 0 Å². The van der Waals surface area contributed by atoms with Gasteiger partial charge in [-0.05, 0) is 22.9 Å². The van der Waals surface area contributed by atoms with Gasteiger partial charge < -0.3 is 5.32 Å². The van der Waals surface area contributed by atoms with E-state index in [1.54, 1.807) is 12.1 Å². The molecule has 0 unspecified atom stereocenters. The molecule has 15 heavy (non-hydrogen) atoms. The number of rotatable bonds is 3. The molecule has 1 aliphatic rings. The second-order valence-electron chi connectivity index (χ2n) is 3.78. The van der Waals surface area contributed by atoms with Crippen molar-refractivity contribution in [2.75, 3.05) is 26.2 Å². The summed E-state index contributed by atoms with van der Waals surface area (Å²) < 4.78 is 0. The molecule has 0 aromatic heterocycles. The number of hydrogen-bond acceptors (Lipinski definition) is 4. The average molecular weight is 205 g/mol. The van der Waals surface area contributed by atoms with Crippen molar-refractivity contribution in [3.63, 3.8) is 0 Å². The minimum Gasteiger partial charge on any atom is -0.314 e. The molecule has 0 radical (unpaired) electrons. The molecule has 0 atom stereocenters. The van der Waals surface area contributed by atoms with Crippen LogP contribution in [0.4, 0.5) is 5.69 Å². The lowest BCUT2D eigenvalue weighted by atomic mass is 10.2. The number of hydrogen-bond donors (Lipinski definition) is 1. The smallest absolute Gasteiger partial charge is 0.108 e. The van der Waals surface area contributed by atoms with Gasteiger partial charge in [0.2, 0.25) is 0 Å². The van der Waals surface area contributed by atoms with Crippen LogP contribution in [-0.2, 0) is 6.54 Å². The van der Waals surface area contributed by atoms with Gasteiger partial charge in [-0.15, -0.1) is 4.91 Å². The Balaban J connectivity index is 1.94. The summed E-state index contributed by atoms with van der Waals surface area (Å²) >= 11 is 0. The number of piperazine rings is 1. The topological polar surface area (TPSA) is 44.7 Å². The highest BCUT2D eigenvalue weighted by Crippen LogP contribution is 2.13. The Morgan fingerprint density at radius 3 is 2.47 bits per heavy atom. The van der Waals surface area contributed by atoms with Crippen LogP contribution in [0.5, 0.6) is 0 Å². The zero-order valence-electron chi connectivity index (χ0n) is 8.65. The van der Waals surface area contributed by atoms with Crippen molar-refractivity contribution < 1.29 is 0 Å². The maximum Gasteiger partial charge on any atom is 0.108 e. The molecule has 1 heterocycles. The summed E-state index contributed by atoms with van der Waals surface area (Å²) in [5.74, 6) is 0. The Morgan fingerprint density at radius 2 is 1.87 bits per heavy atom. The predicted octanol–water partition coefficient (Wildman–Crippen LogP) is 1.49. The Hall–Kier alpha value is -1.26. The van der Waals surface area contributed by atoms with E-state index in [0.717, 1.165) is 32.7 Å². The molecule has 2 rings (SSSR count). The van der Waals surface area contributed by atoms with E-state index in [4.69, 9.17) is 0 Å². The van der Waals surface area contributed by atoms with Crippen LogP contribution in [0.3, 0.4) is 0 Å². The molecule has 0 spiro atoms. The van der Waals surface area contributed by atoms with Crippen LogP contribution in [0.2, 0.25) is 0 Å². The molecular formula is C11H15N3O. The molecular weight excluding hydrogens is 190 g/mol. The largest absolute Gasteiger partial charge is 0.314 e. The fourth-order valence-corrected chi connectivity index (χ4v) is 1.79. The van der Waals surface area contributed by atoms with Crippen molar-refractivity contribution in [2.45, 2.75) is 6.54 Å². The highest BCUT2D eigenvalue weighted by molar-refractivity contribution is 5.38. The summed E-state index contributed by atoms with van der Waals surface area (Å²) in [4.78, 5) is 12.6. The number of nitroso groups, excluding NO2 is 1. The Bertz CT molecular complexity index is 317. The van der Waals surface area contributed by atoms with Crippen LogP contribution in [0.15, 0.2) is 29.4 Å². The Labute approximate surface area is 89.3 Å². The second-order valence-corrected chi connectivity index (χ2v) is 3.78. The molecule has 1 aromatic carbocycles. The van der Waals surface area contributed by atoms with E-state index >= 15 is 0 Å². The monoisotopic (exact) mass is 205 g/mol. The van der Waals surface area contributed by atoms with Crippen LogP contribution in [-0.4, -0.2) is 31.1 Å². The van der Waals surface area contributed by atoms with E-state index in [0.29, 0.717) is 5.69 Å². The quantitative estimate of drug-likeness (QED) is 0.760. The van der Waals surface area contributed by atoms with E-state index in [1.807, 2.05) is 12.1 Å². The van der Waals surface area contributed by atoms with Gasteiger partial charge in [-0.3, -0.25) is 4.90 Å². The molecule has 1 fully saturated rings. The van der Waals surface area contributed by atoms with Crippen LogP contribution < -0.4 is 5.32 Å². The summed E-state index contributed by atoms with van der Waals surface area (Å²) in [7, 11) is 0. The fourth-order valence-electron chi connectivity index (χ4n) is 1.79. The highest BCUT2D eigenvalue weighted by atomic mass is 16.3. The third-order valence-electron chi connectivity index (χ3n) is 2.66. The summed E-state index contributed by atoms with van der Waals surface area (Å²) in [5.41, 5.74) is 1.74. The van der Waals surface area contributed by atoms with Crippen LogP contribution >= 0.6 is 0 Å². The Kier molecular flexibility index (Phi) is 3.42. The van der Waals surface area contributed by atoms with Gasteiger partial charge in [-0.1, -0.05) is 12.1 Å². The third-order valence-corrected chi connectivity index (χ3v) is 2.66. The zero-order valence-corrected chi connectivity index (χ0v) is 8.65. The van der Waals surface area contributed by atoms with Crippen LogP contribution in [0, 0.1) is 4.91 Å². The van der Waals surface area contributed by atoms with E-state index in [2.05, 4.69) is 15.4 Å². The lowest BCUT2D eigenvalue weighted by Crippen LogP contribution is -2.42. The van der Waals surface area contributed by atoms with Gasteiger partial charge in [0.15, 0.2) is 0 Å². The second kappa shape index (κ2) is 5.00. The molecule has 0 bridgehead atoms. The zero-order chi connectivity index (χ0) is 10.5. The molecule has 1 saturated heterocycles. The fraction of sp³-hybridized carbons (Fsp3) is 0.455. The molecule has 1 N–H and O–H groups in total. The van der Waals surface area contributed by atoms with Crippen molar-refractivity contribution in [1.29, 1.82) is 0 Å². The Morgan fingerprint density at radius 1 is 1.20 bits per heavy atom. The van der Waals surface area contributed by atoms with Gasteiger partial charge in [0.1, 0.15) is 5.69 Å². The van der Waals surface area contributed by atoms with Gasteiger partial charge in [-0.25, -0.2) is 0 Å². The first kappa shape index (κ1) is 10.3. The standard InChI is InChI=1S/C11H15N3O/c15-13-11-3-1-10(2-4-11)9-14-7-5-12-6-8-14/h1-4,12H,5-9H2. The molecule has 4 nitrogen and oxygen atoms in total. The first-order valence-electron chi connectivity index (χ1n) is 5.24. The summed E-state index contributed by atoms with van der Waals surface area (Å²) in [6.45, 7) is 5.27. The summed E-state index contributed by atoms with van der Waals surface area (Å²) in [6.07, 6.45) is 0. The maximum absolute atomic E-state index is 10.2. The maximum atomic E-state index is 10.2. The number of nitrogens with one attached hydrogen (secondary N) is 1. The molecule has 1 aliphatic heterocycles. The van der Waals surface area contributed by atoms with E-state index in [9.17, 15) is 4.91 Å². The minimum atomic E-state index is 0.499. The first-order valence-corrected chi connectivity index (χ1v) is 5.24. The van der Waals surface area contributed by atoms with Crippen molar-refractivity contribution in [1.82, 2.24) is 10.2 Å². The van der Waals surface area contributed by atoms with Crippen LogP contribution in [0.25, 0.3) is 0 Å². The average Bonchev–Trinajstić information content (AvgIpc) is 2.31. The molecule has 0 amide bonds. The van der Waals surface area contributed by atoms with E-state index < -0.39 is 0 Å². The third kappa shape index (κ3) is 2.84. The molecule has 1 aromatic rings. The first-order chi connectivity index (χ1) is 7.38. The molecule has 0 saturated carbocycles. The SMILES string of the molecule is O=Nc1ccc(CN2CCNCC2)cc1. The normalized spacial score (nSPS) is 17.6. The van der Waals surface area contributed by atoms with Gasteiger partial charge in [0, 0.05) is 32.7 Å². The lowest BCUT2D eigenvalue weighted by molar-refractivity contribution is 0.233. The van der Waals surface area contributed by atoms with Gasteiger partial charge in [-0.2, -0.15) is 0 Å². The van der Waals surface area contributed by atoms with E-state index in [-0.39, 0.29) is 0 Å². The number of benzene rings is 1. The van der Waals surface area contributed by atoms with Crippen LogP contribution in [0.1, 0.15) is 5.56 Å². The van der Waals surface area contributed by atoms with Crippen molar-refractivity contribution in [3.05, 3.63) is 34.7 Å². The van der Waals surface area contributed by atoms with Crippen molar-refractivity contribution >= 4 is 5.69 Å². The molecule has 80 valence electrons. The van der Waals surface area contributed by atoms with E-state index in [1.165, 1.54) is 5.56 Å². The predicted molar refractivity (Wildman–Crippen MR) is 60.0 cm³/mol. The summed E-state index contributed by atoms with van der Waals surface area (Å²) in [6, 6.07) is 7.48. The highest BCUT2D eigenvalue weighted by Gasteiger charge is 2.09. The minimum absolute atomic E-state index is 0.499. The van der Waals surface area contributed by atoms with Gasteiger partial charge in [0.05, 0.1) is 0 Å². The molecule has 0 aliphatic carbocycles. The number of nitrogens with zero attached hydrogens (tertiary/aromatic N) is 2. The van der Waals surface area contributed by atoms with Gasteiger partial charge >= 0.3 is 0 Å². The summed E-state index contributed by atoms with van der Waals surface area (Å²) in [5, 5.41) is 6.21. The molecule has 4 heteroatoms.